The summed E-state index contributed by atoms with van der Waals surface area (Å²) in [5.74, 6) is 0.158. The summed E-state index contributed by atoms with van der Waals surface area (Å²) in [4.78, 5) is 28.2. The van der Waals surface area contributed by atoms with Crippen LogP contribution < -0.4 is 10.1 Å². The Kier molecular flexibility index (Phi) is 9.48. The van der Waals surface area contributed by atoms with Crippen LogP contribution in [0.4, 0.5) is 0 Å². The highest BCUT2D eigenvalue weighted by Crippen LogP contribution is 2.28. The Morgan fingerprint density at radius 2 is 1.66 bits per heavy atom. The molecule has 0 aromatic heterocycles. The zero-order valence-electron chi connectivity index (χ0n) is 21.1. The first-order valence-corrected chi connectivity index (χ1v) is 13.1. The summed E-state index contributed by atoms with van der Waals surface area (Å²) in [6.07, 6.45) is 4.63. The average Bonchev–Trinajstić information content (AvgIpc) is 3.32. The molecule has 2 aromatic rings. The number of nitrogens with one attached hydrogen (secondary N) is 1. The molecule has 0 saturated heterocycles. The van der Waals surface area contributed by atoms with Crippen LogP contribution in [0.25, 0.3) is 0 Å². The minimum atomic E-state index is -0.651. The molecule has 1 saturated carbocycles. The molecule has 1 aliphatic carbocycles. The number of nitrogens with zero attached hydrogens (tertiary/aromatic N) is 1. The van der Waals surface area contributed by atoms with E-state index in [4.69, 9.17) is 27.9 Å². The van der Waals surface area contributed by atoms with E-state index in [9.17, 15) is 9.59 Å². The Labute approximate surface area is 219 Å². The van der Waals surface area contributed by atoms with Crippen molar-refractivity contribution in [3.63, 3.8) is 0 Å². The highest BCUT2D eigenvalue weighted by atomic mass is 35.5. The molecule has 7 heteroatoms. The Bertz CT molecular complexity index is 992. The fourth-order valence-electron chi connectivity index (χ4n) is 4.42. The first-order chi connectivity index (χ1) is 16.6. The van der Waals surface area contributed by atoms with Crippen LogP contribution in [0, 0.1) is 0 Å². The number of benzene rings is 2. The maximum atomic E-state index is 13.4. The number of carbonyl (C=O) groups excluding carboxylic acids is 2. The molecule has 1 fully saturated rings. The monoisotopic (exact) mass is 518 g/mol. The molecule has 0 radical (unpaired) electrons. The molecule has 0 bridgehead atoms. The van der Waals surface area contributed by atoms with E-state index >= 15 is 0 Å². The zero-order valence-corrected chi connectivity index (χ0v) is 22.6. The molecule has 0 aliphatic heterocycles. The van der Waals surface area contributed by atoms with Gasteiger partial charge in [0.2, 0.25) is 5.91 Å². The fraction of sp³-hybridized carbons (Fsp3) is 0.500. The third-order valence-corrected chi connectivity index (χ3v) is 7.27. The lowest BCUT2D eigenvalue weighted by molar-refractivity contribution is -0.143. The van der Waals surface area contributed by atoms with E-state index in [2.05, 4.69) is 26.1 Å². The summed E-state index contributed by atoms with van der Waals surface area (Å²) in [7, 11) is 0. The Hall–Kier alpha value is -2.24. The van der Waals surface area contributed by atoms with Gasteiger partial charge in [0.05, 0.1) is 0 Å². The van der Waals surface area contributed by atoms with Gasteiger partial charge in [-0.3, -0.25) is 9.59 Å². The smallest absolute Gasteiger partial charge is 0.261 e. The van der Waals surface area contributed by atoms with Crippen LogP contribution in [0.1, 0.15) is 70.9 Å². The van der Waals surface area contributed by atoms with E-state index < -0.39 is 6.04 Å². The predicted molar refractivity (Wildman–Crippen MR) is 142 cm³/mol. The second-order valence-corrected chi connectivity index (χ2v) is 11.0. The molecule has 0 unspecified atom stereocenters. The van der Waals surface area contributed by atoms with Crippen molar-refractivity contribution in [2.24, 2.45) is 0 Å². The minimum Gasteiger partial charge on any atom is -0.484 e. The molecule has 2 aromatic carbocycles. The van der Waals surface area contributed by atoms with Gasteiger partial charge in [-0.2, -0.15) is 0 Å². The third kappa shape index (κ3) is 7.37. The van der Waals surface area contributed by atoms with Crippen molar-refractivity contribution in [3.8, 4) is 5.75 Å². The second kappa shape index (κ2) is 12.1. The maximum Gasteiger partial charge on any atom is 0.261 e. The van der Waals surface area contributed by atoms with Crippen molar-refractivity contribution < 1.29 is 14.3 Å². The Morgan fingerprint density at radius 1 is 1.06 bits per heavy atom. The summed E-state index contributed by atoms with van der Waals surface area (Å²) >= 11 is 12.8. The van der Waals surface area contributed by atoms with Crippen LogP contribution in [0.2, 0.25) is 10.0 Å². The van der Waals surface area contributed by atoms with Gasteiger partial charge in [0.15, 0.2) is 6.61 Å². The van der Waals surface area contributed by atoms with Gasteiger partial charge in [-0.1, -0.05) is 81.9 Å². The fourth-order valence-corrected chi connectivity index (χ4v) is 4.94. The molecule has 190 valence electrons. The molecule has 3 rings (SSSR count). The molecular weight excluding hydrogens is 483 g/mol. The van der Waals surface area contributed by atoms with Gasteiger partial charge in [-0.25, -0.2) is 0 Å². The van der Waals surface area contributed by atoms with Crippen LogP contribution in [0.15, 0.2) is 42.5 Å². The topological polar surface area (TPSA) is 58.6 Å². The quantitative estimate of drug-likeness (QED) is 0.410. The lowest BCUT2D eigenvalue weighted by Gasteiger charge is -2.32. The number of rotatable bonds is 9. The Morgan fingerprint density at radius 3 is 2.20 bits per heavy atom. The van der Waals surface area contributed by atoms with Crippen LogP contribution in [0.5, 0.6) is 5.75 Å². The van der Waals surface area contributed by atoms with Crippen LogP contribution >= 0.6 is 23.2 Å². The number of hydrogen-bond donors (Lipinski definition) is 1. The van der Waals surface area contributed by atoms with Crippen LogP contribution in [-0.4, -0.2) is 35.4 Å². The summed E-state index contributed by atoms with van der Waals surface area (Å²) in [6, 6.07) is 12.5. The number of carbonyl (C=O) groups is 2. The molecule has 35 heavy (non-hydrogen) atoms. The van der Waals surface area contributed by atoms with E-state index in [0.717, 1.165) is 25.7 Å². The summed E-state index contributed by atoms with van der Waals surface area (Å²) in [5, 5.41) is 4.05. The molecule has 1 aliphatic rings. The van der Waals surface area contributed by atoms with Gasteiger partial charge in [0.25, 0.3) is 5.91 Å². The van der Waals surface area contributed by atoms with Crippen molar-refractivity contribution >= 4 is 35.0 Å². The molecule has 1 atom stereocenters. The number of hydrogen-bond acceptors (Lipinski definition) is 3. The first-order valence-electron chi connectivity index (χ1n) is 12.4. The van der Waals surface area contributed by atoms with Crippen molar-refractivity contribution in [3.05, 3.63) is 63.6 Å². The molecular formula is C28H36Cl2N2O3. The lowest BCUT2D eigenvalue weighted by Crippen LogP contribution is -2.52. The Balaban J connectivity index is 1.79. The van der Waals surface area contributed by atoms with Crippen LogP contribution in [-0.2, 0) is 21.5 Å². The van der Waals surface area contributed by atoms with Gasteiger partial charge in [-0.05, 0) is 54.5 Å². The second-order valence-electron chi connectivity index (χ2n) is 10.2. The molecule has 0 spiro atoms. The van der Waals surface area contributed by atoms with Crippen molar-refractivity contribution in [2.45, 2.75) is 83.8 Å². The van der Waals surface area contributed by atoms with E-state index in [-0.39, 0.29) is 36.4 Å². The van der Waals surface area contributed by atoms with Gasteiger partial charge in [0.1, 0.15) is 11.8 Å². The first kappa shape index (κ1) is 27.3. The molecule has 0 heterocycles. The van der Waals surface area contributed by atoms with Gasteiger partial charge < -0.3 is 15.0 Å². The number of ether oxygens (including phenoxy) is 1. The molecule has 1 N–H and O–H groups in total. The highest BCUT2D eigenvalue weighted by molar-refractivity contribution is 6.36. The number of amides is 2. The van der Waals surface area contributed by atoms with E-state index in [1.54, 1.807) is 23.1 Å². The summed E-state index contributed by atoms with van der Waals surface area (Å²) < 4.78 is 5.83. The highest BCUT2D eigenvalue weighted by Gasteiger charge is 2.31. The zero-order chi connectivity index (χ0) is 25.6. The van der Waals surface area contributed by atoms with E-state index in [1.165, 1.54) is 5.56 Å². The lowest BCUT2D eigenvalue weighted by atomic mass is 9.87. The normalized spacial score (nSPS) is 15.0. The van der Waals surface area contributed by atoms with Crippen molar-refractivity contribution in [1.82, 2.24) is 10.2 Å². The predicted octanol–water partition coefficient (Wildman–Crippen LogP) is 6.54. The van der Waals surface area contributed by atoms with Gasteiger partial charge in [0, 0.05) is 28.2 Å². The van der Waals surface area contributed by atoms with Gasteiger partial charge in [-0.15, -0.1) is 0 Å². The summed E-state index contributed by atoms with van der Waals surface area (Å²) in [5.41, 5.74) is 1.83. The summed E-state index contributed by atoms with van der Waals surface area (Å²) in [6.45, 7) is 8.27. The minimum absolute atomic E-state index is 0.0282. The molecule has 2 amide bonds. The third-order valence-electron chi connectivity index (χ3n) is 6.56. The average molecular weight is 520 g/mol. The number of halogens is 2. The van der Waals surface area contributed by atoms with Gasteiger partial charge >= 0.3 is 0 Å². The van der Waals surface area contributed by atoms with Crippen molar-refractivity contribution in [1.29, 1.82) is 0 Å². The van der Waals surface area contributed by atoms with Crippen LogP contribution in [0.3, 0.4) is 0 Å². The maximum absolute atomic E-state index is 13.4. The van der Waals surface area contributed by atoms with Crippen molar-refractivity contribution in [2.75, 3.05) is 6.61 Å². The SMILES string of the molecule is CC[C@@H](C(=O)NC1CCCC1)N(Cc1c(Cl)cccc1Cl)C(=O)COc1ccc(C(C)(C)C)cc1. The molecule has 5 nitrogen and oxygen atoms in total. The largest absolute Gasteiger partial charge is 0.484 e. The standard InChI is InChI=1S/C28H36Cl2N2O3/c1-5-25(27(34)31-20-9-6-7-10-20)32(17-22-23(29)11-8-12-24(22)30)26(33)18-35-21-15-13-19(14-16-21)28(2,3)4/h8,11-16,20,25H,5-7,9-10,17-18H2,1-4H3,(H,31,34)/t25-/m0/s1. The van der Waals surface area contributed by atoms with E-state index in [1.807, 2.05) is 31.2 Å². The van der Waals surface area contributed by atoms with E-state index in [0.29, 0.717) is 27.8 Å².